The molecular formula is C29H32N4O3. The van der Waals surface area contributed by atoms with Crippen molar-refractivity contribution in [3.63, 3.8) is 0 Å². The number of amides is 3. The van der Waals surface area contributed by atoms with E-state index in [-0.39, 0.29) is 23.8 Å². The van der Waals surface area contributed by atoms with Crippen molar-refractivity contribution in [2.75, 3.05) is 11.9 Å². The summed E-state index contributed by atoms with van der Waals surface area (Å²) in [6.07, 6.45) is 1.61. The van der Waals surface area contributed by atoms with Gasteiger partial charge in [-0.2, -0.15) is 0 Å². The Morgan fingerprint density at radius 2 is 1.72 bits per heavy atom. The molecule has 0 unspecified atom stereocenters. The van der Waals surface area contributed by atoms with Crippen LogP contribution in [0.5, 0.6) is 0 Å². The zero-order valence-corrected chi connectivity index (χ0v) is 20.9. The number of benzene rings is 3. The zero-order chi connectivity index (χ0) is 25.4. The molecule has 5 rings (SSSR count). The lowest BCUT2D eigenvalue weighted by Gasteiger charge is -2.29. The lowest BCUT2D eigenvalue weighted by molar-refractivity contribution is -0.130. The van der Waals surface area contributed by atoms with Gasteiger partial charge >= 0.3 is 0 Å². The highest BCUT2D eigenvalue weighted by Crippen LogP contribution is 2.39. The molecule has 7 nitrogen and oxygen atoms in total. The molecule has 4 atom stereocenters. The molecule has 3 aromatic rings. The van der Waals surface area contributed by atoms with E-state index in [0.717, 1.165) is 33.2 Å². The Morgan fingerprint density at radius 1 is 0.972 bits per heavy atom. The summed E-state index contributed by atoms with van der Waals surface area (Å²) in [6, 6.07) is 18.3. The van der Waals surface area contributed by atoms with Crippen LogP contribution in [0.15, 0.2) is 60.7 Å². The monoisotopic (exact) mass is 484 g/mol. The van der Waals surface area contributed by atoms with E-state index in [1.54, 1.807) is 18.9 Å². The summed E-state index contributed by atoms with van der Waals surface area (Å²) >= 11 is 0. The average molecular weight is 485 g/mol. The van der Waals surface area contributed by atoms with Gasteiger partial charge in [-0.1, -0.05) is 54.6 Å². The van der Waals surface area contributed by atoms with E-state index < -0.39 is 18.1 Å². The molecule has 186 valence electrons. The summed E-state index contributed by atoms with van der Waals surface area (Å²) in [5, 5.41) is 11.2. The van der Waals surface area contributed by atoms with Gasteiger partial charge in [0.1, 0.15) is 12.1 Å². The number of fused-ring (bicyclic) bond motifs is 1. The predicted molar refractivity (Wildman–Crippen MR) is 141 cm³/mol. The van der Waals surface area contributed by atoms with E-state index in [0.29, 0.717) is 19.3 Å². The van der Waals surface area contributed by atoms with E-state index in [1.807, 2.05) is 43.3 Å². The molecule has 2 aliphatic heterocycles. The second kappa shape index (κ2) is 9.74. The number of anilines is 1. The molecule has 0 bridgehead atoms. The maximum atomic E-state index is 13.7. The molecule has 7 heteroatoms. The van der Waals surface area contributed by atoms with Crippen LogP contribution in [0.2, 0.25) is 0 Å². The number of hydrogen-bond acceptors (Lipinski definition) is 4. The van der Waals surface area contributed by atoms with Crippen molar-refractivity contribution in [1.29, 1.82) is 0 Å². The number of para-hydroxylation sites is 1. The van der Waals surface area contributed by atoms with Crippen LogP contribution in [-0.4, -0.2) is 42.9 Å². The smallest absolute Gasteiger partial charge is 0.250 e. The third-order valence-corrected chi connectivity index (χ3v) is 7.48. The number of nitrogens with zero attached hydrogens (tertiary/aromatic N) is 1. The van der Waals surface area contributed by atoms with Gasteiger partial charge in [0.05, 0.1) is 17.8 Å². The highest BCUT2D eigenvalue weighted by molar-refractivity contribution is 6.08. The summed E-state index contributed by atoms with van der Waals surface area (Å²) in [6.45, 7) is 3.71. The first kappa shape index (κ1) is 24.0. The Hall–Kier alpha value is -3.71. The van der Waals surface area contributed by atoms with Crippen molar-refractivity contribution in [2.24, 2.45) is 0 Å². The van der Waals surface area contributed by atoms with Gasteiger partial charge in [-0.15, -0.1) is 0 Å². The van der Waals surface area contributed by atoms with Crippen LogP contribution >= 0.6 is 0 Å². The van der Waals surface area contributed by atoms with Crippen LogP contribution in [0, 0.1) is 0 Å². The first-order chi connectivity index (χ1) is 17.4. The molecule has 3 amide bonds. The molecule has 2 heterocycles. The van der Waals surface area contributed by atoms with Gasteiger partial charge in [-0.05, 0) is 67.3 Å². The first-order valence-electron chi connectivity index (χ1n) is 12.6. The SMILES string of the molecule is CN[C@@H](C)C(=O)N[C@H]1CCc2cccc3c2N(C1=O)[C@H](C(=O)N[C@H](C)c1ccc2ccccc2c1)C3. The number of carbonyl (C=O) groups is 3. The van der Waals surface area contributed by atoms with Crippen molar-refractivity contribution >= 4 is 34.2 Å². The van der Waals surface area contributed by atoms with Gasteiger partial charge in [-0.25, -0.2) is 0 Å². The van der Waals surface area contributed by atoms with Gasteiger partial charge in [0, 0.05) is 6.42 Å². The molecule has 3 N–H and O–H groups in total. The maximum Gasteiger partial charge on any atom is 0.250 e. The van der Waals surface area contributed by atoms with Gasteiger partial charge in [0.2, 0.25) is 17.7 Å². The fourth-order valence-electron chi connectivity index (χ4n) is 5.27. The van der Waals surface area contributed by atoms with E-state index in [1.165, 1.54) is 0 Å². The number of aryl methyl sites for hydroxylation is 1. The Labute approximate surface area is 211 Å². The molecule has 0 spiro atoms. The first-order valence-corrected chi connectivity index (χ1v) is 12.6. The second-order valence-electron chi connectivity index (χ2n) is 9.80. The Balaban J connectivity index is 1.39. The molecule has 0 radical (unpaired) electrons. The van der Waals surface area contributed by atoms with Gasteiger partial charge in [0.25, 0.3) is 0 Å². The number of rotatable bonds is 6. The lowest BCUT2D eigenvalue weighted by Crippen LogP contribution is -2.56. The molecule has 3 aromatic carbocycles. The third-order valence-electron chi connectivity index (χ3n) is 7.48. The number of hydrogen-bond donors (Lipinski definition) is 3. The normalized spacial score (nSPS) is 20.4. The Morgan fingerprint density at radius 3 is 2.50 bits per heavy atom. The average Bonchev–Trinajstić information content (AvgIpc) is 3.23. The van der Waals surface area contributed by atoms with Crippen molar-refractivity contribution in [2.45, 2.75) is 57.3 Å². The summed E-state index contributed by atoms with van der Waals surface area (Å²) in [5.41, 5.74) is 3.87. The minimum Gasteiger partial charge on any atom is -0.348 e. The standard InChI is InChI=1S/C29H32N4O3/c1-17(21-12-11-19-7-4-5-8-22(19)15-21)31-28(35)25-16-23-10-6-9-20-13-14-24(29(36)33(25)26(20)23)32-27(34)18(2)30-3/h4-12,15,17-18,24-25,30H,13-14,16H2,1-3H3,(H,31,35)(H,32,34)/t17-,18+,24+,25+/m1/s1. The van der Waals surface area contributed by atoms with E-state index >= 15 is 0 Å². The summed E-state index contributed by atoms with van der Waals surface area (Å²) in [4.78, 5) is 41.6. The van der Waals surface area contributed by atoms with Crippen LogP contribution in [0.1, 0.15) is 43.0 Å². The Kier molecular flexibility index (Phi) is 6.49. The quantitative estimate of drug-likeness (QED) is 0.502. The fourth-order valence-corrected chi connectivity index (χ4v) is 5.27. The van der Waals surface area contributed by atoms with Crippen LogP contribution in [0.4, 0.5) is 5.69 Å². The van der Waals surface area contributed by atoms with Crippen LogP contribution in [0.3, 0.4) is 0 Å². The topological polar surface area (TPSA) is 90.5 Å². The van der Waals surface area contributed by atoms with Crippen LogP contribution in [0.25, 0.3) is 10.8 Å². The van der Waals surface area contributed by atoms with Crippen LogP contribution < -0.4 is 20.9 Å². The van der Waals surface area contributed by atoms with E-state index in [2.05, 4.69) is 40.2 Å². The fraction of sp³-hybridized carbons (Fsp3) is 0.345. The van der Waals surface area contributed by atoms with Gasteiger partial charge < -0.3 is 16.0 Å². The largest absolute Gasteiger partial charge is 0.348 e. The third kappa shape index (κ3) is 4.35. The van der Waals surface area contributed by atoms with E-state index in [4.69, 9.17) is 0 Å². The number of carbonyl (C=O) groups excluding carboxylic acids is 3. The minimum atomic E-state index is -0.681. The van der Waals surface area contributed by atoms with Crippen molar-refractivity contribution in [3.05, 3.63) is 77.4 Å². The van der Waals surface area contributed by atoms with Crippen molar-refractivity contribution in [1.82, 2.24) is 16.0 Å². The summed E-state index contributed by atoms with van der Waals surface area (Å²) in [7, 11) is 1.71. The highest BCUT2D eigenvalue weighted by Gasteiger charge is 2.44. The van der Waals surface area contributed by atoms with Crippen LogP contribution in [-0.2, 0) is 27.2 Å². The summed E-state index contributed by atoms with van der Waals surface area (Å²) in [5.74, 6) is -0.650. The van der Waals surface area contributed by atoms with Gasteiger partial charge in [-0.3, -0.25) is 19.3 Å². The second-order valence-corrected chi connectivity index (χ2v) is 9.80. The van der Waals surface area contributed by atoms with Gasteiger partial charge in [0.15, 0.2) is 0 Å². The maximum absolute atomic E-state index is 13.7. The molecule has 36 heavy (non-hydrogen) atoms. The molecule has 0 aromatic heterocycles. The van der Waals surface area contributed by atoms with Crippen molar-refractivity contribution < 1.29 is 14.4 Å². The lowest BCUT2D eigenvalue weighted by atomic mass is 10.0. The number of nitrogens with one attached hydrogen (secondary N) is 3. The zero-order valence-electron chi connectivity index (χ0n) is 20.9. The predicted octanol–water partition coefficient (Wildman–Crippen LogP) is 3.01. The molecule has 2 aliphatic rings. The molecular weight excluding hydrogens is 452 g/mol. The molecule has 0 saturated heterocycles. The van der Waals surface area contributed by atoms with Crippen molar-refractivity contribution in [3.8, 4) is 0 Å². The highest BCUT2D eigenvalue weighted by atomic mass is 16.2. The van der Waals surface area contributed by atoms with E-state index in [9.17, 15) is 14.4 Å². The molecule has 0 fully saturated rings. The Bertz CT molecular complexity index is 1340. The number of likely N-dealkylation sites (N-methyl/N-ethyl adjacent to an activating group) is 1. The molecule has 0 aliphatic carbocycles. The minimum absolute atomic E-state index is 0.193. The molecule has 0 saturated carbocycles. The summed E-state index contributed by atoms with van der Waals surface area (Å²) < 4.78 is 0.